The third-order valence-electron chi connectivity index (χ3n) is 4.46. The molecule has 2 aliphatic heterocycles. The molecule has 1 unspecified atom stereocenters. The Morgan fingerprint density at radius 1 is 1.29 bits per heavy atom. The molecule has 2 fully saturated rings. The number of carbonyl (C=O) groups excluding carboxylic acids is 1. The molecule has 3 rings (SSSR count). The second-order valence-corrected chi connectivity index (χ2v) is 6.23. The van der Waals surface area contributed by atoms with Crippen LogP contribution in [0.3, 0.4) is 0 Å². The van der Waals surface area contributed by atoms with Crippen LogP contribution < -0.4 is 0 Å². The molecule has 0 spiro atoms. The van der Waals surface area contributed by atoms with Crippen molar-refractivity contribution in [3.8, 4) is 0 Å². The van der Waals surface area contributed by atoms with Gasteiger partial charge in [-0.2, -0.15) is 18.3 Å². The van der Waals surface area contributed by atoms with Gasteiger partial charge in [0, 0.05) is 45.0 Å². The number of hydrogen-bond acceptors (Lipinski definition) is 4. The van der Waals surface area contributed by atoms with Crippen molar-refractivity contribution in [3.05, 3.63) is 18.0 Å². The molecule has 3 heterocycles. The molecular weight excluding hydrogens is 325 g/mol. The fraction of sp³-hybridized carbons (Fsp3) is 0.733. The van der Waals surface area contributed by atoms with E-state index in [-0.39, 0.29) is 12.3 Å². The fourth-order valence-corrected chi connectivity index (χ4v) is 3.18. The molecule has 6 nitrogen and oxygen atoms in total. The maximum absolute atomic E-state index is 12.3. The number of halogens is 3. The summed E-state index contributed by atoms with van der Waals surface area (Å²) in [4.78, 5) is 16.4. The van der Waals surface area contributed by atoms with Gasteiger partial charge in [-0.25, -0.2) is 0 Å². The highest BCUT2D eigenvalue weighted by Crippen LogP contribution is 2.18. The van der Waals surface area contributed by atoms with E-state index in [1.165, 1.54) is 12.3 Å². The number of rotatable bonds is 4. The Morgan fingerprint density at radius 2 is 2.04 bits per heavy atom. The van der Waals surface area contributed by atoms with Gasteiger partial charge in [-0.3, -0.25) is 14.4 Å². The average molecular weight is 346 g/mol. The molecule has 24 heavy (non-hydrogen) atoms. The van der Waals surface area contributed by atoms with Crippen LogP contribution in [0.5, 0.6) is 0 Å². The summed E-state index contributed by atoms with van der Waals surface area (Å²) in [6, 6.07) is 1.91. The molecule has 0 N–H and O–H groups in total. The van der Waals surface area contributed by atoms with Gasteiger partial charge in [-0.05, 0) is 12.5 Å². The van der Waals surface area contributed by atoms with Crippen LogP contribution in [-0.4, -0.2) is 77.1 Å². The van der Waals surface area contributed by atoms with Gasteiger partial charge >= 0.3 is 6.18 Å². The number of aromatic nitrogens is 2. The summed E-state index contributed by atoms with van der Waals surface area (Å²) in [5, 5.41) is 3.83. The van der Waals surface area contributed by atoms with Crippen molar-refractivity contribution in [1.29, 1.82) is 0 Å². The Bertz CT molecular complexity index is 561. The first-order valence-electron chi connectivity index (χ1n) is 8.09. The van der Waals surface area contributed by atoms with E-state index in [1.54, 1.807) is 4.90 Å². The van der Waals surface area contributed by atoms with Crippen molar-refractivity contribution >= 4 is 5.91 Å². The largest absolute Gasteiger partial charge is 0.408 e. The topological polar surface area (TPSA) is 50.6 Å². The normalized spacial score (nSPS) is 23.0. The van der Waals surface area contributed by atoms with Crippen molar-refractivity contribution < 1.29 is 22.7 Å². The average Bonchev–Trinajstić information content (AvgIpc) is 3.18. The van der Waals surface area contributed by atoms with E-state index in [2.05, 4.69) is 10.00 Å². The van der Waals surface area contributed by atoms with Crippen LogP contribution in [-0.2, 0) is 22.5 Å². The summed E-state index contributed by atoms with van der Waals surface area (Å²) < 4.78 is 43.2. The highest BCUT2D eigenvalue weighted by atomic mass is 19.4. The number of alkyl halides is 3. The summed E-state index contributed by atoms with van der Waals surface area (Å²) in [6.07, 6.45) is -1.98. The molecular formula is C15H21F3N4O2. The standard InChI is InChI=1S/C15H21F3N4O2/c16-15(17,18)11-22-3-1-12(19-22)9-14(23)21-6-4-20(5-7-21)13-2-8-24-10-13/h1,3,13H,2,4-11H2. The zero-order valence-corrected chi connectivity index (χ0v) is 13.3. The van der Waals surface area contributed by atoms with E-state index < -0.39 is 12.7 Å². The predicted molar refractivity (Wildman–Crippen MR) is 79.4 cm³/mol. The van der Waals surface area contributed by atoms with Crippen molar-refractivity contribution in [1.82, 2.24) is 19.6 Å². The first-order valence-corrected chi connectivity index (χ1v) is 8.09. The molecule has 0 radical (unpaired) electrons. The Hall–Kier alpha value is -1.61. The molecule has 0 bridgehead atoms. The summed E-state index contributed by atoms with van der Waals surface area (Å²) in [5.74, 6) is -0.0884. The summed E-state index contributed by atoms with van der Waals surface area (Å²) in [7, 11) is 0. The van der Waals surface area contributed by atoms with E-state index in [1.807, 2.05) is 0 Å². The molecule has 0 aromatic carbocycles. The van der Waals surface area contributed by atoms with Crippen LogP contribution in [0.1, 0.15) is 12.1 Å². The highest BCUT2D eigenvalue weighted by Gasteiger charge is 2.30. The predicted octanol–water partition coefficient (Wildman–Crippen LogP) is 0.921. The van der Waals surface area contributed by atoms with Gasteiger partial charge < -0.3 is 9.64 Å². The van der Waals surface area contributed by atoms with Crippen LogP contribution in [0.25, 0.3) is 0 Å². The van der Waals surface area contributed by atoms with Crippen molar-refractivity contribution in [2.75, 3.05) is 39.4 Å². The number of ether oxygens (including phenoxy) is 1. The number of nitrogens with zero attached hydrogens (tertiary/aromatic N) is 4. The lowest BCUT2D eigenvalue weighted by Crippen LogP contribution is -2.52. The van der Waals surface area contributed by atoms with Gasteiger partial charge in [-0.15, -0.1) is 0 Å². The van der Waals surface area contributed by atoms with E-state index in [9.17, 15) is 18.0 Å². The molecule has 0 aliphatic carbocycles. The van der Waals surface area contributed by atoms with Crippen LogP contribution in [0.15, 0.2) is 12.3 Å². The lowest BCUT2D eigenvalue weighted by Gasteiger charge is -2.37. The molecule has 2 saturated heterocycles. The molecule has 1 atom stereocenters. The van der Waals surface area contributed by atoms with E-state index in [4.69, 9.17) is 4.74 Å². The number of hydrogen-bond donors (Lipinski definition) is 0. The smallest absolute Gasteiger partial charge is 0.380 e. The van der Waals surface area contributed by atoms with Gasteiger partial charge in [-0.1, -0.05) is 0 Å². The molecule has 1 aromatic heterocycles. The Balaban J connectivity index is 1.47. The summed E-state index contributed by atoms with van der Waals surface area (Å²) in [6.45, 7) is 3.31. The fourth-order valence-electron chi connectivity index (χ4n) is 3.18. The van der Waals surface area contributed by atoms with Crippen LogP contribution in [0.2, 0.25) is 0 Å². The Morgan fingerprint density at radius 3 is 2.67 bits per heavy atom. The van der Waals surface area contributed by atoms with Crippen LogP contribution in [0.4, 0.5) is 13.2 Å². The maximum atomic E-state index is 12.3. The minimum absolute atomic E-state index is 0.0391. The molecule has 134 valence electrons. The van der Waals surface area contributed by atoms with Crippen molar-refractivity contribution in [2.45, 2.75) is 31.6 Å². The molecule has 9 heteroatoms. The second kappa shape index (κ2) is 7.10. The Kier molecular flexibility index (Phi) is 5.09. The SMILES string of the molecule is O=C(Cc1ccn(CC(F)(F)F)n1)N1CCN(C2CCOC2)CC1. The number of amides is 1. The van der Waals surface area contributed by atoms with E-state index in [0.29, 0.717) is 24.8 Å². The molecule has 0 saturated carbocycles. The summed E-state index contributed by atoms with van der Waals surface area (Å²) in [5.41, 5.74) is 0.371. The zero-order valence-electron chi connectivity index (χ0n) is 13.3. The van der Waals surface area contributed by atoms with Crippen LogP contribution in [0, 0.1) is 0 Å². The molecule has 1 aromatic rings. The first-order chi connectivity index (χ1) is 11.4. The van der Waals surface area contributed by atoms with Gasteiger partial charge in [0.2, 0.25) is 5.91 Å². The molecule has 1 amide bonds. The number of carbonyl (C=O) groups is 1. The quantitative estimate of drug-likeness (QED) is 0.814. The first kappa shape index (κ1) is 17.2. The maximum Gasteiger partial charge on any atom is 0.408 e. The monoisotopic (exact) mass is 346 g/mol. The van der Waals surface area contributed by atoms with Crippen molar-refractivity contribution in [3.63, 3.8) is 0 Å². The molecule has 2 aliphatic rings. The highest BCUT2D eigenvalue weighted by molar-refractivity contribution is 5.78. The van der Waals surface area contributed by atoms with E-state index in [0.717, 1.165) is 37.4 Å². The van der Waals surface area contributed by atoms with Crippen LogP contribution >= 0.6 is 0 Å². The van der Waals surface area contributed by atoms with Gasteiger partial charge in [0.15, 0.2) is 0 Å². The lowest BCUT2D eigenvalue weighted by atomic mass is 10.2. The van der Waals surface area contributed by atoms with Gasteiger partial charge in [0.05, 0.1) is 18.7 Å². The zero-order chi connectivity index (χ0) is 17.2. The summed E-state index contributed by atoms with van der Waals surface area (Å²) >= 11 is 0. The second-order valence-electron chi connectivity index (χ2n) is 6.23. The van der Waals surface area contributed by atoms with Gasteiger partial charge in [0.25, 0.3) is 0 Å². The van der Waals surface area contributed by atoms with E-state index >= 15 is 0 Å². The minimum atomic E-state index is -4.31. The van der Waals surface area contributed by atoms with Crippen molar-refractivity contribution in [2.24, 2.45) is 0 Å². The lowest BCUT2D eigenvalue weighted by molar-refractivity contribution is -0.142. The Labute approximate surface area is 138 Å². The third kappa shape index (κ3) is 4.47. The minimum Gasteiger partial charge on any atom is -0.380 e. The number of piperazine rings is 1. The van der Waals surface area contributed by atoms with Gasteiger partial charge in [0.1, 0.15) is 6.54 Å². The third-order valence-corrected chi connectivity index (χ3v) is 4.46.